The summed E-state index contributed by atoms with van der Waals surface area (Å²) < 4.78 is 12.1. The molecule has 0 amide bonds. The Labute approximate surface area is 147 Å². The second-order valence-corrected chi connectivity index (χ2v) is 8.43. The molecule has 0 heterocycles. The predicted octanol–water partition coefficient (Wildman–Crippen LogP) is 5.92. The average molecular weight is 328 g/mol. The van der Waals surface area contributed by atoms with E-state index in [2.05, 4.69) is 20.4 Å². The molecule has 2 aliphatic rings. The quantitative estimate of drug-likeness (QED) is 0.603. The van der Waals surface area contributed by atoms with E-state index in [1.807, 2.05) is 37.3 Å². The zero-order valence-electron chi connectivity index (χ0n) is 15.5. The van der Waals surface area contributed by atoms with Crippen molar-refractivity contribution < 1.29 is 9.47 Å². The van der Waals surface area contributed by atoms with Gasteiger partial charge in [0.25, 0.3) is 0 Å². The van der Waals surface area contributed by atoms with Gasteiger partial charge in [-0.25, -0.2) is 0 Å². The summed E-state index contributed by atoms with van der Waals surface area (Å²) in [5, 5.41) is 0. The van der Waals surface area contributed by atoms with E-state index in [-0.39, 0.29) is 6.29 Å². The maximum absolute atomic E-state index is 6.17. The molecular weight excluding hydrogens is 296 g/mol. The van der Waals surface area contributed by atoms with Crippen molar-refractivity contribution in [2.45, 2.75) is 59.2 Å². The minimum Gasteiger partial charge on any atom is -0.465 e. The summed E-state index contributed by atoms with van der Waals surface area (Å²) in [5.74, 6) is 3.44. The Kier molecular flexibility index (Phi) is 5.34. The highest BCUT2D eigenvalue weighted by Crippen LogP contribution is 2.52. The molecular formula is C22H32O2. The monoisotopic (exact) mass is 328 g/mol. The lowest BCUT2D eigenvalue weighted by Crippen LogP contribution is -2.43. The molecule has 1 aromatic carbocycles. The lowest BCUT2D eigenvalue weighted by atomic mass is 9.57. The van der Waals surface area contributed by atoms with Crippen LogP contribution in [-0.4, -0.2) is 12.9 Å². The number of fused-ring (bicyclic) bond motifs is 2. The van der Waals surface area contributed by atoms with Gasteiger partial charge in [-0.05, 0) is 79.9 Å². The first kappa shape index (κ1) is 17.5. The second-order valence-electron chi connectivity index (χ2n) is 8.43. The summed E-state index contributed by atoms with van der Waals surface area (Å²) in [6.45, 7) is 11.5. The van der Waals surface area contributed by atoms with Gasteiger partial charge < -0.3 is 9.47 Å². The summed E-state index contributed by atoms with van der Waals surface area (Å²) >= 11 is 0. The van der Waals surface area contributed by atoms with Crippen molar-refractivity contribution in [3.05, 3.63) is 36.4 Å². The van der Waals surface area contributed by atoms with E-state index < -0.39 is 0 Å². The number of rotatable bonds is 6. The third kappa shape index (κ3) is 4.22. The largest absolute Gasteiger partial charge is 0.465 e. The summed E-state index contributed by atoms with van der Waals surface area (Å²) in [5.41, 5.74) is 1.48. The Hall–Kier alpha value is -1.28. The van der Waals surface area contributed by atoms with Gasteiger partial charge in [-0.1, -0.05) is 38.6 Å². The van der Waals surface area contributed by atoms with Gasteiger partial charge >= 0.3 is 0 Å². The molecule has 132 valence electrons. The van der Waals surface area contributed by atoms with Crippen LogP contribution in [0, 0.1) is 23.2 Å². The van der Waals surface area contributed by atoms with Crippen molar-refractivity contribution in [3.63, 3.8) is 0 Å². The van der Waals surface area contributed by atoms with Gasteiger partial charge in [-0.2, -0.15) is 0 Å². The fourth-order valence-electron chi connectivity index (χ4n) is 5.29. The van der Waals surface area contributed by atoms with Crippen LogP contribution < -0.4 is 4.74 Å². The van der Waals surface area contributed by atoms with E-state index in [0.29, 0.717) is 5.41 Å². The van der Waals surface area contributed by atoms with E-state index in [1.54, 1.807) is 0 Å². The molecule has 0 aliphatic heterocycles. The molecule has 0 radical (unpaired) electrons. The zero-order chi connectivity index (χ0) is 17.2. The Morgan fingerprint density at radius 3 is 2.33 bits per heavy atom. The first-order valence-corrected chi connectivity index (χ1v) is 9.49. The molecule has 3 rings (SSSR count). The van der Waals surface area contributed by atoms with Crippen molar-refractivity contribution in [2.75, 3.05) is 6.61 Å². The van der Waals surface area contributed by atoms with Crippen molar-refractivity contribution in [3.8, 4) is 5.75 Å². The zero-order valence-corrected chi connectivity index (χ0v) is 15.5. The maximum atomic E-state index is 6.17. The van der Waals surface area contributed by atoms with Gasteiger partial charge in [0.1, 0.15) is 5.75 Å². The number of ether oxygens (including phenoxy) is 2. The normalized spacial score (nSPS) is 33.7. The molecule has 3 atom stereocenters. The van der Waals surface area contributed by atoms with Crippen LogP contribution in [0.1, 0.15) is 58.4 Å². The molecule has 2 nitrogen and oxygen atoms in total. The average Bonchev–Trinajstić information content (AvgIpc) is 2.52. The van der Waals surface area contributed by atoms with Crippen LogP contribution in [0.4, 0.5) is 0 Å². The van der Waals surface area contributed by atoms with E-state index in [0.717, 1.165) is 35.7 Å². The van der Waals surface area contributed by atoms with E-state index in [4.69, 9.17) is 9.47 Å². The Balaban J connectivity index is 1.56. The van der Waals surface area contributed by atoms with Gasteiger partial charge in [0, 0.05) is 0 Å². The number of benzene rings is 1. The Morgan fingerprint density at radius 1 is 1.12 bits per heavy atom. The lowest BCUT2D eigenvalue weighted by Gasteiger charge is -2.50. The minimum atomic E-state index is -0.207. The third-order valence-electron chi connectivity index (χ3n) is 5.80. The van der Waals surface area contributed by atoms with E-state index >= 15 is 0 Å². The molecule has 2 bridgehead atoms. The number of hydrogen-bond donors (Lipinski definition) is 0. The molecule has 0 N–H and O–H groups in total. The molecule has 0 aromatic heterocycles. The van der Waals surface area contributed by atoms with Crippen molar-refractivity contribution in [1.29, 1.82) is 0 Å². The van der Waals surface area contributed by atoms with Crippen LogP contribution in [0.3, 0.4) is 0 Å². The van der Waals surface area contributed by atoms with Crippen molar-refractivity contribution >= 4 is 6.08 Å². The summed E-state index contributed by atoms with van der Waals surface area (Å²) in [4.78, 5) is 0. The molecule has 0 saturated heterocycles. The predicted molar refractivity (Wildman–Crippen MR) is 99.9 cm³/mol. The first-order valence-electron chi connectivity index (χ1n) is 9.49. The van der Waals surface area contributed by atoms with Gasteiger partial charge in [-0.15, -0.1) is 0 Å². The first-order chi connectivity index (χ1) is 11.5. The van der Waals surface area contributed by atoms with Crippen molar-refractivity contribution in [1.82, 2.24) is 0 Å². The summed E-state index contributed by atoms with van der Waals surface area (Å²) in [6.07, 6.45) is 8.43. The number of hydrogen-bond acceptors (Lipinski definition) is 2. The van der Waals surface area contributed by atoms with Crippen LogP contribution >= 0.6 is 0 Å². The lowest BCUT2D eigenvalue weighted by molar-refractivity contribution is -0.127. The SMILES string of the molecule is C=Cc1ccc(OC(C)OCC23CC(C)CC(CC(C)C2)C3)cc1. The highest BCUT2D eigenvalue weighted by molar-refractivity contribution is 5.48. The molecule has 24 heavy (non-hydrogen) atoms. The summed E-state index contributed by atoms with van der Waals surface area (Å²) in [7, 11) is 0. The standard InChI is InChI=1S/C22H32O2/c1-5-19-6-8-21(9-7-19)24-18(4)23-15-22-12-16(2)10-20(14-22)11-17(3)13-22/h5-9,16-18,20H,1,10-15H2,2-4H3. The van der Waals surface area contributed by atoms with Crippen LogP contribution in [0.2, 0.25) is 0 Å². The maximum Gasteiger partial charge on any atom is 0.196 e. The van der Waals surface area contributed by atoms with E-state index in [1.165, 1.54) is 32.1 Å². The highest BCUT2D eigenvalue weighted by atomic mass is 16.7. The second kappa shape index (κ2) is 7.31. The Bertz CT molecular complexity index is 528. The van der Waals surface area contributed by atoms with Gasteiger partial charge in [-0.3, -0.25) is 0 Å². The van der Waals surface area contributed by atoms with Crippen LogP contribution in [-0.2, 0) is 4.74 Å². The van der Waals surface area contributed by atoms with Crippen molar-refractivity contribution in [2.24, 2.45) is 23.2 Å². The molecule has 2 fully saturated rings. The summed E-state index contributed by atoms with van der Waals surface area (Å²) in [6, 6.07) is 8.00. The van der Waals surface area contributed by atoms with E-state index in [9.17, 15) is 0 Å². The highest BCUT2D eigenvalue weighted by Gasteiger charge is 2.44. The fourth-order valence-corrected chi connectivity index (χ4v) is 5.29. The molecule has 3 unspecified atom stereocenters. The van der Waals surface area contributed by atoms with Gasteiger partial charge in [0.15, 0.2) is 6.29 Å². The van der Waals surface area contributed by atoms with Gasteiger partial charge in [0.05, 0.1) is 6.61 Å². The van der Waals surface area contributed by atoms with Crippen LogP contribution in [0.5, 0.6) is 5.75 Å². The fraction of sp³-hybridized carbons (Fsp3) is 0.636. The molecule has 2 heteroatoms. The Morgan fingerprint density at radius 2 is 1.75 bits per heavy atom. The molecule has 1 aromatic rings. The smallest absolute Gasteiger partial charge is 0.196 e. The van der Waals surface area contributed by atoms with Crippen LogP contribution in [0.15, 0.2) is 30.8 Å². The topological polar surface area (TPSA) is 18.5 Å². The molecule has 0 spiro atoms. The van der Waals surface area contributed by atoms with Gasteiger partial charge in [0.2, 0.25) is 0 Å². The third-order valence-corrected chi connectivity index (χ3v) is 5.80. The minimum absolute atomic E-state index is 0.207. The molecule has 2 saturated carbocycles. The van der Waals surface area contributed by atoms with Crippen LogP contribution in [0.25, 0.3) is 6.08 Å². The molecule has 2 aliphatic carbocycles.